The van der Waals surface area contributed by atoms with Crippen LogP contribution in [0.25, 0.3) is 10.9 Å². The molecule has 0 aliphatic carbocycles. The SMILES string of the molecule is O=C(Nc1ccc2[nH]ccc2c1)c1cccc(C2CCC(O)[C@@H](CO)O2)c1. The number of benzene rings is 2. The number of aromatic amines is 1. The molecule has 0 bridgehead atoms. The summed E-state index contributed by atoms with van der Waals surface area (Å²) >= 11 is 0. The third-order valence-corrected chi connectivity index (χ3v) is 5.00. The summed E-state index contributed by atoms with van der Waals surface area (Å²) in [7, 11) is 0. The number of fused-ring (bicyclic) bond motifs is 1. The van der Waals surface area contributed by atoms with Crippen LogP contribution in [0.2, 0.25) is 0 Å². The van der Waals surface area contributed by atoms with Crippen molar-refractivity contribution in [2.24, 2.45) is 0 Å². The van der Waals surface area contributed by atoms with Crippen molar-refractivity contribution in [1.29, 1.82) is 0 Å². The molecule has 2 unspecified atom stereocenters. The highest BCUT2D eigenvalue weighted by atomic mass is 16.5. The van der Waals surface area contributed by atoms with E-state index in [0.29, 0.717) is 18.4 Å². The fourth-order valence-electron chi connectivity index (χ4n) is 3.50. The summed E-state index contributed by atoms with van der Waals surface area (Å²) in [5.41, 5.74) is 3.16. The maximum atomic E-state index is 12.7. The van der Waals surface area contributed by atoms with E-state index in [1.807, 2.05) is 42.6 Å². The molecular weight excluding hydrogens is 344 g/mol. The molecule has 6 nitrogen and oxygen atoms in total. The molecule has 3 aromatic rings. The van der Waals surface area contributed by atoms with Gasteiger partial charge in [0, 0.05) is 28.4 Å². The van der Waals surface area contributed by atoms with Crippen LogP contribution in [-0.4, -0.2) is 39.9 Å². The normalized spacial score (nSPS) is 22.7. The Morgan fingerprint density at radius 1 is 1.19 bits per heavy atom. The minimum Gasteiger partial charge on any atom is -0.394 e. The average molecular weight is 366 g/mol. The van der Waals surface area contributed by atoms with Crippen molar-refractivity contribution in [2.75, 3.05) is 11.9 Å². The Morgan fingerprint density at radius 2 is 2.07 bits per heavy atom. The van der Waals surface area contributed by atoms with E-state index in [1.54, 1.807) is 12.1 Å². The predicted octanol–water partition coefficient (Wildman–Crippen LogP) is 2.99. The largest absolute Gasteiger partial charge is 0.394 e. The Labute approximate surface area is 156 Å². The molecule has 2 heterocycles. The standard InChI is InChI=1S/C21H22N2O4/c24-12-20-18(25)6-7-19(27-20)14-2-1-3-15(10-14)21(26)23-16-4-5-17-13(11-16)8-9-22-17/h1-5,8-11,18-20,22,24-25H,6-7,12H2,(H,23,26)/t18?,19?,20-/m1/s1. The fraction of sp³-hybridized carbons (Fsp3) is 0.286. The Balaban J connectivity index is 1.50. The summed E-state index contributed by atoms with van der Waals surface area (Å²) in [6, 6.07) is 15.0. The number of ether oxygens (including phenoxy) is 1. The minimum atomic E-state index is -0.652. The number of amides is 1. The molecular formula is C21H22N2O4. The quantitative estimate of drug-likeness (QED) is 0.571. The summed E-state index contributed by atoms with van der Waals surface area (Å²) in [6.45, 7) is -0.223. The van der Waals surface area contributed by atoms with Crippen LogP contribution >= 0.6 is 0 Å². The zero-order chi connectivity index (χ0) is 18.8. The summed E-state index contributed by atoms with van der Waals surface area (Å²) < 4.78 is 5.79. The van der Waals surface area contributed by atoms with E-state index in [0.717, 1.165) is 22.2 Å². The lowest BCUT2D eigenvalue weighted by atomic mass is 9.95. The van der Waals surface area contributed by atoms with Crippen molar-refractivity contribution >= 4 is 22.5 Å². The van der Waals surface area contributed by atoms with Crippen LogP contribution in [-0.2, 0) is 4.74 Å². The van der Waals surface area contributed by atoms with Gasteiger partial charge in [0.05, 0.1) is 18.8 Å². The first-order chi connectivity index (χ1) is 13.1. The number of rotatable bonds is 4. The number of H-pyrrole nitrogens is 1. The van der Waals surface area contributed by atoms with Crippen molar-refractivity contribution < 1.29 is 19.7 Å². The highest BCUT2D eigenvalue weighted by molar-refractivity contribution is 6.05. The number of aliphatic hydroxyl groups excluding tert-OH is 2. The van der Waals surface area contributed by atoms with Gasteiger partial charge in [-0.2, -0.15) is 0 Å². The van der Waals surface area contributed by atoms with Crippen LogP contribution in [0.1, 0.15) is 34.9 Å². The zero-order valence-corrected chi connectivity index (χ0v) is 14.8. The molecule has 1 aromatic heterocycles. The number of aromatic nitrogens is 1. The second-order valence-corrected chi connectivity index (χ2v) is 6.85. The van der Waals surface area contributed by atoms with Gasteiger partial charge in [-0.15, -0.1) is 0 Å². The third kappa shape index (κ3) is 3.73. The third-order valence-electron chi connectivity index (χ3n) is 5.00. The summed E-state index contributed by atoms with van der Waals surface area (Å²) in [4.78, 5) is 15.8. The van der Waals surface area contributed by atoms with E-state index in [2.05, 4.69) is 10.3 Å². The molecule has 2 aromatic carbocycles. The van der Waals surface area contributed by atoms with Crippen LogP contribution in [0.4, 0.5) is 5.69 Å². The van der Waals surface area contributed by atoms with Gasteiger partial charge in [0.2, 0.25) is 0 Å². The summed E-state index contributed by atoms with van der Waals surface area (Å²) in [6.07, 6.45) is 1.58. The maximum absolute atomic E-state index is 12.7. The topological polar surface area (TPSA) is 94.6 Å². The summed E-state index contributed by atoms with van der Waals surface area (Å²) in [5.74, 6) is -0.193. The molecule has 1 fully saturated rings. The van der Waals surface area contributed by atoms with Crippen LogP contribution in [0, 0.1) is 0 Å². The Bertz CT molecular complexity index is 952. The first-order valence-electron chi connectivity index (χ1n) is 9.07. The van der Waals surface area contributed by atoms with Crippen molar-refractivity contribution in [3.8, 4) is 0 Å². The second-order valence-electron chi connectivity index (χ2n) is 6.85. The lowest BCUT2D eigenvalue weighted by molar-refractivity contribution is -0.135. The first kappa shape index (κ1) is 17.7. The molecule has 1 aliphatic rings. The van der Waals surface area contributed by atoms with Crippen LogP contribution < -0.4 is 5.32 Å². The number of nitrogens with one attached hydrogen (secondary N) is 2. The van der Waals surface area contributed by atoms with Crippen molar-refractivity contribution in [3.63, 3.8) is 0 Å². The van der Waals surface area contributed by atoms with E-state index in [4.69, 9.17) is 4.74 Å². The number of hydrogen-bond acceptors (Lipinski definition) is 4. The smallest absolute Gasteiger partial charge is 0.255 e. The molecule has 140 valence electrons. The molecule has 4 rings (SSSR count). The number of hydrogen-bond donors (Lipinski definition) is 4. The molecule has 4 N–H and O–H groups in total. The highest BCUT2D eigenvalue weighted by Gasteiger charge is 2.30. The molecule has 6 heteroatoms. The number of carbonyl (C=O) groups is 1. The van der Waals surface area contributed by atoms with Gasteiger partial charge in [-0.1, -0.05) is 12.1 Å². The molecule has 1 aliphatic heterocycles. The molecule has 0 radical (unpaired) electrons. The number of aliphatic hydroxyl groups is 2. The van der Waals surface area contributed by atoms with Gasteiger partial charge < -0.3 is 25.3 Å². The lowest BCUT2D eigenvalue weighted by Gasteiger charge is -2.33. The first-order valence-corrected chi connectivity index (χ1v) is 9.07. The van der Waals surface area contributed by atoms with Gasteiger partial charge >= 0.3 is 0 Å². The lowest BCUT2D eigenvalue weighted by Crippen LogP contribution is -2.38. The van der Waals surface area contributed by atoms with E-state index in [-0.39, 0.29) is 18.6 Å². The van der Waals surface area contributed by atoms with Gasteiger partial charge in [-0.25, -0.2) is 0 Å². The Morgan fingerprint density at radius 3 is 2.93 bits per heavy atom. The van der Waals surface area contributed by atoms with E-state index < -0.39 is 12.2 Å². The monoisotopic (exact) mass is 366 g/mol. The van der Waals surface area contributed by atoms with Crippen LogP contribution in [0.3, 0.4) is 0 Å². The predicted molar refractivity (Wildman–Crippen MR) is 103 cm³/mol. The molecule has 1 saturated heterocycles. The zero-order valence-electron chi connectivity index (χ0n) is 14.8. The summed E-state index contributed by atoms with van der Waals surface area (Å²) in [5, 5.41) is 23.1. The molecule has 27 heavy (non-hydrogen) atoms. The van der Waals surface area contributed by atoms with E-state index in [9.17, 15) is 15.0 Å². The highest BCUT2D eigenvalue weighted by Crippen LogP contribution is 2.32. The molecule has 3 atom stereocenters. The van der Waals surface area contributed by atoms with Gasteiger partial charge in [-0.05, 0) is 54.8 Å². The number of anilines is 1. The van der Waals surface area contributed by atoms with E-state index in [1.165, 1.54) is 0 Å². The second kappa shape index (κ2) is 7.52. The molecule has 0 spiro atoms. The molecule has 1 amide bonds. The van der Waals surface area contributed by atoms with Crippen molar-refractivity contribution in [2.45, 2.75) is 31.2 Å². The Kier molecular flexibility index (Phi) is 4.94. The Hall–Kier alpha value is -2.67. The van der Waals surface area contributed by atoms with E-state index >= 15 is 0 Å². The maximum Gasteiger partial charge on any atom is 0.255 e. The van der Waals surface area contributed by atoms with Gasteiger partial charge in [0.15, 0.2) is 0 Å². The average Bonchev–Trinajstić information content (AvgIpc) is 3.16. The van der Waals surface area contributed by atoms with Crippen molar-refractivity contribution in [3.05, 3.63) is 65.9 Å². The number of carbonyl (C=O) groups excluding carboxylic acids is 1. The van der Waals surface area contributed by atoms with Crippen LogP contribution in [0.15, 0.2) is 54.7 Å². The minimum absolute atomic E-state index is 0.193. The van der Waals surface area contributed by atoms with Crippen molar-refractivity contribution in [1.82, 2.24) is 4.98 Å². The van der Waals surface area contributed by atoms with Gasteiger partial charge in [0.1, 0.15) is 6.10 Å². The fourth-order valence-corrected chi connectivity index (χ4v) is 3.50. The van der Waals surface area contributed by atoms with Gasteiger partial charge in [-0.3, -0.25) is 4.79 Å². The molecule has 0 saturated carbocycles. The van der Waals surface area contributed by atoms with Crippen LogP contribution in [0.5, 0.6) is 0 Å². The van der Waals surface area contributed by atoms with Gasteiger partial charge in [0.25, 0.3) is 5.91 Å².